The molecule has 1 saturated heterocycles. The number of ether oxygens (including phenoxy) is 2. The average Bonchev–Trinajstić information content (AvgIpc) is 3.57. The van der Waals surface area contributed by atoms with E-state index in [4.69, 9.17) is 9.47 Å². The van der Waals surface area contributed by atoms with Gasteiger partial charge in [-0.1, -0.05) is 32.6 Å². The Morgan fingerprint density at radius 3 is 2.07 bits per heavy atom. The van der Waals surface area contributed by atoms with Crippen molar-refractivity contribution in [2.24, 2.45) is 23.7 Å². The maximum atomic E-state index is 14.5. The Balaban J connectivity index is 1.25. The Hall–Kier alpha value is -1.16. The Kier molecular flexibility index (Phi) is 6.78. The molecule has 0 radical (unpaired) electrons. The molecule has 0 amide bonds. The van der Waals surface area contributed by atoms with Gasteiger partial charge in [-0.05, 0) is 80.8 Å². The summed E-state index contributed by atoms with van der Waals surface area (Å²) in [6, 6.07) is 1.68. The SMILES string of the molecule is CCCC1CCC(C2CCC(COc3c(C)cc(C4CO4)c(F)c3F)CC2)CC1. The summed E-state index contributed by atoms with van der Waals surface area (Å²) in [6.45, 7) is 5.05. The van der Waals surface area contributed by atoms with E-state index in [1.165, 1.54) is 51.4 Å². The lowest BCUT2D eigenvalue weighted by atomic mass is 9.69. The number of hydrogen-bond donors (Lipinski definition) is 0. The molecule has 2 aliphatic carbocycles. The van der Waals surface area contributed by atoms with Crippen LogP contribution in [0.5, 0.6) is 5.75 Å². The van der Waals surface area contributed by atoms with Gasteiger partial charge in [-0.25, -0.2) is 4.39 Å². The second-order valence-electron chi connectivity index (χ2n) is 9.72. The van der Waals surface area contributed by atoms with Crippen LogP contribution in [0.25, 0.3) is 0 Å². The molecule has 0 bridgehead atoms. The largest absolute Gasteiger partial charge is 0.490 e. The van der Waals surface area contributed by atoms with Crippen LogP contribution >= 0.6 is 0 Å². The van der Waals surface area contributed by atoms with Gasteiger partial charge in [0.2, 0.25) is 5.82 Å². The minimum Gasteiger partial charge on any atom is -0.490 e. The summed E-state index contributed by atoms with van der Waals surface area (Å²) in [5.41, 5.74) is 0.980. The Morgan fingerprint density at radius 1 is 0.931 bits per heavy atom. The summed E-state index contributed by atoms with van der Waals surface area (Å²) >= 11 is 0. The van der Waals surface area contributed by atoms with Gasteiger partial charge in [0, 0.05) is 5.56 Å². The molecule has 4 heteroatoms. The number of aryl methyl sites for hydroxylation is 1. The van der Waals surface area contributed by atoms with E-state index in [0.29, 0.717) is 30.3 Å². The lowest BCUT2D eigenvalue weighted by Crippen LogP contribution is -2.27. The Bertz CT molecular complexity index is 685. The number of halogens is 2. The van der Waals surface area contributed by atoms with Crippen LogP contribution in [0.2, 0.25) is 0 Å². The van der Waals surface area contributed by atoms with Gasteiger partial charge in [0.05, 0.1) is 13.2 Å². The molecule has 2 nitrogen and oxygen atoms in total. The first kappa shape index (κ1) is 21.1. The fourth-order valence-electron chi connectivity index (χ4n) is 5.78. The van der Waals surface area contributed by atoms with E-state index < -0.39 is 11.6 Å². The van der Waals surface area contributed by atoms with Crippen molar-refractivity contribution >= 4 is 0 Å². The van der Waals surface area contributed by atoms with Crippen molar-refractivity contribution in [2.45, 2.75) is 84.2 Å². The minimum atomic E-state index is -0.854. The molecule has 3 fully saturated rings. The van der Waals surface area contributed by atoms with Crippen LogP contribution in [0.1, 0.15) is 88.4 Å². The van der Waals surface area contributed by atoms with Crippen LogP contribution in [0.15, 0.2) is 6.07 Å². The maximum Gasteiger partial charge on any atom is 0.201 e. The third-order valence-electron chi connectivity index (χ3n) is 7.67. The molecule has 1 heterocycles. The van der Waals surface area contributed by atoms with Crippen molar-refractivity contribution in [1.82, 2.24) is 0 Å². The zero-order valence-corrected chi connectivity index (χ0v) is 18.0. The summed E-state index contributed by atoms with van der Waals surface area (Å²) in [6.07, 6.45) is 13.0. The van der Waals surface area contributed by atoms with Crippen LogP contribution in [-0.2, 0) is 4.74 Å². The molecular formula is C25H36F2O2. The third-order valence-corrected chi connectivity index (χ3v) is 7.67. The van der Waals surface area contributed by atoms with Crippen molar-refractivity contribution in [2.75, 3.05) is 13.2 Å². The lowest BCUT2D eigenvalue weighted by molar-refractivity contribution is 0.120. The van der Waals surface area contributed by atoms with E-state index in [1.54, 1.807) is 13.0 Å². The van der Waals surface area contributed by atoms with E-state index in [9.17, 15) is 8.78 Å². The number of hydrogen-bond acceptors (Lipinski definition) is 2. The fourth-order valence-corrected chi connectivity index (χ4v) is 5.78. The fraction of sp³-hybridized carbons (Fsp3) is 0.760. The van der Waals surface area contributed by atoms with E-state index in [0.717, 1.165) is 30.6 Å². The van der Waals surface area contributed by atoms with E-state index >= 15 is 0 Å². The van der Waals surface area contributed by atoms with Crippen LogP contribution in [0, 0.1) is 42.2 Å². The number of benzene rings is 1. The maximum absolute atomic E-state index is 14.5. The highest BCUT2D eigenvalue weighted by Crippen LogP contribution is 2.43. The smallest absolute Gasteiger partial charge is 0.201 e. The van der Waals surface area contributed by atoms with Gasteiger partial charge in [0.25, 0.3) is 0 Å². The molecule has 0 N–H and O–H groups in total. The third kappa shape index (κ3) is 4.95. The second-order valence-corrected chi connectivity index (χ2v) is 9.72. The molecule has 0 aromatic heterocycles. The molecule has 2 saturated carbocycles. The predicted molar refractivity (Wildman–Crippen MR) is 111 cm³/mol. The normalized spacial score (nSPS) is 32.2. The zero-order valence-electron chi connectivity index (χ0n) is 18.0. The van der Waals surface area contributed by atoms with Crippen LogP contribution in [0.4, 0.5) is 8.78 Å². The monoisotopic (exact) mass is 406 g/mol. The number of rotatable bonds is 7. The van der Waals surface area contributed by atoms with Gasteiger partial charge in [-0.15, -0.1) is 0 Å². The highest BCUT2D eigenvalue weighted by atomic mass is 19.2. The summed E-state index contributed by atoms with van der Waals surface area (Å²) in [4.78, 5) is 0. The van der Waals surface area contributed by atoms with Gasteiger partial charge < -0.3 is 9.47 Å². The molecule has 162 valence electrons. The molecule has 1 unspecified atom stereocenters. The molecule has 3 aliphatic rings. The Morgan fingerprint density at radius 2 is 1.52 bits per heavy atom. The topological polar surface area (TPSA) is 21.8 Å². The van der Waals surface area contributed by atoms with Crippen molar-refractivity contribution < 1.29 is 18.3 Å². The summed E-state index contributed by atoms with van der Waals surface area (Å²) in [7, 11) is 0. The molecule has 1 atom stereocenters. The van der Waals surface area contributed by atoms with Crippen molar-refractivity contribution in [1.29, 1.82) is 0 Å². The standard InChI is InChI=1S/C25H36F2O2/c1-3-4-17-5-9-19(10-6-17)20-11-7-18(8-12-20)14-29-25-16(2)13-21(22-15-28-22)23(26)24(25)27/h13,17-20,22H,3-12,14-15H2,1-2H3. The van der Waals surface area contributed by atoms with E-state index in [2.05, 4.69) is 6.92 Å². The van der Waals surface area contributed by atoms with E-state index in [1.807, 2.05) is 0 Å². The molecule has 1 aliphatic heterocycles. The summed E-state index contributed by atoms with van der Waals surface area (Å²) in [5, 5.41) is 0. The van der Waals surface area contributed by atoms with Crippen LogP contribution < -0.4 is 4.74 Å². The van der Waals surface area contributed by atoms with Gasteiger partial charge in [-0.2, -0.15) is 4.39 Å². The summed E-state index contributed by atoms with van der Waals surface area (Å²) in [5.74, 6) is 1.62. The second kappa shape index (κ2) is 9.32. The molecule has 0 spiro atoms. The Labute approximate surface area is 174 Å². The first-order valence-electron chi connectivity index (χ1n) is 11.8. The minimum absolute atomic E-state index is 0.0864. The molecular weight excluding hydrogens is 370 g/mol. The van der Waals surface area contributed by atoms with E-state index in [-0.39, 0.29) is 11.9 Å². The van der Waals surface area contributed by atoms with Gasteiger partial charge >= 0.3 is 0 Å². The summed E-state index contributed by atoms with van der Waals surface area (Å²) < 4.78 is 39.7. The van der Waals surface area contributed by atoms with Crippen LogP contribution in [0.3, 0.4) is 0 Å². The highest BCUT2D eigenvalue weighted by Gasteiger charge is 2.33. The predicted octanol–water partition coefficient (Wildman–Crippen LogP) is 7.14. The van der Waals surface area contributed by atoms with Crippen molar-refractivity contribution in [3.05, 3.63) is 28.8 Å². The van der Waals surface area contributed by atoms with Gasteiger partial charge in [0.1, 0.15) is 6.10 Å². The van der Waals surface area contributed by atoms with Crippen molar-refractivity contribution in [3.8, 4) is 5.75 Å². The van der Waals surface area contributed by atoms with Gasteiger partial charge in [0.15, 0.2) is 11.6 Å². The van der Waals surface area contributed by atoms with Crippen molar-refractivity contribution in [3.63, 3.8) is 0 Å². The average molecular weight is 407 g/mol. The quantitative estimate of drug-likeness (QED) is 0.449. The molecule has 1 aromatic rings. The first-order valence-corrected chi connectivity index (χ1v) is 11.8. The number of epoxide rings is 1. The van der Waals surface area contributed by atoms with Gasteiger partial charge in [-0.3, -0.25) is 0 Å². The molecule has 29 heavy (non-hydrogen) atoms. The zero-order chi connectivity index (χ0) is 20.4. The van der Waals surface area contributed by atoms with Crippen LogP contribution in [-0.4, -0.2) is 13.2 Å². The first-order chi connectivity index (χ1) is 14.1. The highest BCUT2D eigenvalue weighted by molar-refractivity contribution is 5.40. The molecule has 4 rings (SSSR count). The lowest BCUT2D eigenvalue weighted by Gasteiger charge is -2.37. The molecule has 1 aromatic carbocycles.